The molecule has 0 radical (unpaired) electrons. The summed E-state index contributed by atoms with van der Waals surface area (Å²) in [6.07, 6.45) is 0. The lowest BCUT2D eigenvalue weighted by atomic mass is 9.95. The molecule has 0 aromatic heterocycles. The Morgan fingerprint density at radius 2 is 1.76 bits per heavy atom. The maximum Gasteiger partial charge on any atom is 0.295 e. The van der Waals surface area contributed by atoms with Gasteiger partial charge in [-0.3, -0.25) is 19.7 Å². The number of nitro groups is 1. The summed E-state index contributed by atoms with van der Waals surface area (Å²) in [5.41, 5.74) is 1.71. The van der Waals surface area contributed by atoms with E-state index in [1.807, 2.05) is 6.92 Å². The summed E-state index contributed by atoms with van der Waals surface area (Å²) in [7, 11) is 1.48. The summed E-state index contributed by atoms with van der Waals surface area (Å²) < 4.78 is 5.04. The van der Waals surface area contributed by atoms with E-state index in [9.17, 15) is 24.8 Å². The van der Waals surface area contributed by atoms with E-state index in [2.05, 4.69) is 0 Å². The van der Waals surface area contributed by atoms with E-state index in [1.54, 1.807) is 24.3 Å². The van der Waals surface area contributed by atoms with Gasteiger partial charge in [0.25, 0.3) is 17.4 Å². The third kappa shape index (κ3) is 3.88. The van der Waals surface area contributed by atoms with E-state index in [1.165, 1.54) is 36.3 Å². The molecule has 1 saturated heterocycles. The topological polar surface area (TPSA) is 110 Å². The number of rotatable bonds is 6. The standard InChI is InChI=1S/C21H20N2O6/c1-13-3-5-15(6-4-13)19(24)17-18(14-7-9-16(10-8-14)23(27)28)22(11-12-29-2)21(26)20(17)25/h3-10,18,24H,11-12H2,1-2H3. The van der Waals surface area contributed by atoms with Crippen LogP contribution in [0.25, 0.3) is 5.76 Å². The molecule has 0 aliphatic carbocycles. The molecule has 0 saturated carbocycles. The second-order valence-electron chi connectivity index (χ2n) is 6.70. The summed E-state index contributed by atoms with van der Waals surface area (Å²) >= 11 is 0. The second-order valence-corrected chi connectivity index (χ2v) is 6.70. The second kappa shape index (κ2) is 8.24. The number of hydrogen-bond donors (Lipinski definition) is 1. The zero-order valence-corrected chi connectivity index (χ0v) is 16.0. The predicted octanol–water partition coefficient (Wildman–Crippen LogP) is 2.97. The van der Waals surface area contributed by atoms with E-state index in [4.69, 9.17) is 4.74 Å². The van der Waals surface area contributed by atoms with Crippen molar-refractivity contribution < 1.29 is 24.4 Å². The van der Waals surface area contributed by atoms with Gasteiger partial charge in [-0.25, -0.2) is 0 Å². The summed E-state index contributed by atoms with van der Waals surface area (Å²) in [5.74, 6) is -1.84. The van der Waals surface area contributed by atoms with Crippen LogP contribution < -0.4 is 0 Å². The number of nitro benzene ring substituents is 1. The van der Waals surface area contributed by atoms with Gasteiger partial charge in [-0.1, -0.05) is 29.8 Å². The number of benzene rings is 2. The fourth-order valence-corrected chi connectivity index (χ4v) is 3.29. The first-order valence-corrected chi connectivity index (χ1v) is 8.94. The number of amides is 1. The fourth-order valence-electron chi connectivity index (χ4n) is 3.29. The van der Waals surface area contributed by atoms with Crippen molar-refractivity contribution in [3.8, 4) is 0 Å². The van der Waals surface area contributed by atoms with Crippen molar-refractivity contribution in [3.63, 3.8) is 0 Å². The highest BCUT2D eigenvalue weighted by molar-refractivity contribution is 6.46. The van der Waals surface area contributed by atoms with Crippen LogP contribution in [0.1, 0.15) is 22.7 Å². The number of methoxy groups -OCH3 is 1. The first-order valence-electron chi connectivity index (χ1n) is 8.94. The number of likely N-dealkylation sites (tertiary alicyclic amines) is 1. The Bertz CT molecular complexity index is 979. The number of aliphatic hydroxyl groups excluding tert-OH is 1. The number of non-ortho nitro benzene ring substituents is 1. The molecule has 1 heterocycles. The van der Waals surface area contributed by atoms with Crippen molar-refractivity contribution in [1.82, 2.24) is 4.90 Å². The Kier molecular flexibility index (Phi) is 5.74. The van der Waals surface area contributed by atoms with Crippen LogP contribution in [-0.2, 0) is 14.3 Å². The lowest BCUT2D eigenvalue weighted by Crippen LogP contribution is -2.32. The zero-order chi connectivity index (χ0) is 21.1. The molecule has 8 heteroatoms. The average molecular weight is 396 g/mol. The molecule has 3 rings (SSSR count). The highest BCUT2D eigenvalue weighted by atomic mass is 16.6. The Morgan fingerprint density at radius 1 is 1.14 bits per heavy atom. The number of nitrogens with zero attached hydrogens (tertiary/aromatic N) is 2. The molecule has 1 N–H and O–H groups in total. The molecule has 0 bridgehead atoms. The number of carbonyl (C=O) groups excluding carboxylic acids is 2. The molecule has 0 spiro atoms. The van der Waals surface area contributed by atoms with E-state index < -0.39 is 22.7 Å². The van der Waals surface area contributed by atoms with Crippen LogP contribution in [0.3, 0.4) is 0 Å². The molecule has 1 amide bonds. The van der Waals surface area contributed by atoms with Crippen LogP contribution in [0, 0.1) is 17.0 Å². The largest absolute Gasteiger partial charge is 0.507 e. The number of ether oxygens (including phenoxy) is 1. The third-order valence-corrected chi connectivity index (χ3v) is 4.82. The Morgan fingerprint density at radius 3 is 2.31 bits per heavy atom. The minimum absolute atomic E-state index is 0.0520. The normalized spacial score (nSPS) is 18.3. The van der Waals surface area contributed by atoms with Gasteiger partial charge >= 0.3 is 0 Å². The van der Waals surface area contributed by atoms with Gasteiger partial charge < -0.3 is 14.7 Å². The molecule has 1 aliphatic rings. The summed E-state index contributed by atoms with van der Waals surface area (Å²) in [6.45, 7) is 2.22. The molecule has 1 fully saturated rings. The van der Waals surface area contributed by atoms with Gasteiger partial charge in [0.2, 0.25) is 0 Å². The van der Waals surface area contributed by atoms with Gasteiger partial charge in [0.1, 0.15) is 5.76 Å². The van der Waals surface area contributed by atoms with Gasteiger partial charge in [-0.15, -0.1) is 0 Å². The minimum atomic E-state index is -0.868. The van der Waals surface area contributed by atoms with Crippen LogP contribution in [0.5, 0.6) is 0 Å². The van der Waals surface area contributed by atoms with Gasteiger partial charge in [-0.05, 0) is 24.6 Å². The number of aliphatic hydroxyl groups is 1. The van der Waals surface area contributed by atoms with Gasteiger partial charge in [0.15, 0.2) is 0 Å². The maximum atomic E-state index is 12.8. The van der Waals surface area contributed by atoms with Crippen molar-refractivity contribution in [2.75, 3.05) is 20.3 Å². The minimum Gasteiger partial charge on any atom is -0.507 e. The molecule has 150 valence electrons. The molecule has 1 aliphatic heterocycles. The van der Waals surface area contributed by atoms with E-state index in [0.29, 0.717) is 11.1 Å². The van der Waals surface area contributed by atoms with Crippen molar-refractivity contribution in [2.24, 2.45) is 0 Å². The van der Waals surface area contributed by atoms with Crippen LogP contribution in [0.2, 0.25) is 0 Å². The fraction of sp³-hybridized carbons (Fsp3) is 0.238. The smallest absolute Gasteiger partial charge is 0.295 e. The Balaban J connectivity index is 2.14. The quantitative estimate of drug-likeness (QED) is 0.264. The average Bonchev–Trinajstić information content (AvgIpc) is 2.97. The summed E-state index contributed by atoms with van der Waals surface area (Å²) in [4.78, 5) is 37.1. The van der Waals surface area contributed by atoms with Crippen molar-refractivity contribution >= 4 is 23.1 Å². The monoisotopic (exact) mass is 396 g/mol. The highest BCUT2D eigenvalue weighted by Gasteiger charge is 2.45. The first kappa shape index (κ1) is 20.2. The van der Waals surface area contributed by atoms with Crippen molar-refractivity contribution in [2.45, 2.75) is 13.0 Å². The van der Waals surface area contributed by atoms with Crippen LogP contribution in [0.15, 0.2) is 54.1 Å². The number of hydrogen-bond acceptors (Lipinski definition) is 6. The van der Waals surface area contributed by atoms with Crippen LogP contribution in [0.4, 0.5) is 5.69 Å². The number of Topliss-reactive ketones (excluding diaryl/α,β-unsaturated/α-hetero) is 1. The molecule has 8 nitrogen and oxygen atoms in total. The lowest BCUT2D eigenvalue weighted by Gasteiger charge is -2.25. The Labute approximate surface area is 167 Å². The number of carbonyl (C=O) groups is 2. The maximum absolute atomic E-state index is 12.8. The lowest BCUT2D eigenvalue weighted by molar-refractivity contribution is -0.384. The molecular weight excluding hydrogens is 376 g/mol. The van der Waals surface area contributed by atoms with Crippen LogP contribution >= 0.6 is 0 Å². The molecule has 2 aromatic rings. The van der Waals surface area contributed by atoms with Crippen molar-refractivity contribution in [3.05, 3.63) is 80.9 Å². The van der Waals surface area contributed by atoms with E-state index in [0.717, 1.165) is 5.56 Å². The van der Waals surface area contributed by atoms with E-state index >= 15 is 0 Å². The number of ketones is 1. The van der Waals surface area contributed by atoms with Gasteiger partial charge in [0, 0.05) is 31.4 Å². The highest BCUT2D eigenvalue weighted by Crippen LogP contribution is 2.39. The Hall–Kier alpha value is -3.52. The summed E-state index contributed by atoms with van der Waals surface area (Å²) in [6, 6.07) is 11.6. The third-order valence-electron chi connectivity index (χ3n) is 4.82. The molecule has 1 atom stereocenters. The predicted molar refractivity (Wildman–Crippen MR) is 105 cm³/mol. The van der Waals surface area contributed by atoms with E-state index in [-0.39, 0.29) is 30.2 Å². The van der Waals surface area contributed by atoms with Gasteiger partial charge in [-0.2, -0.15) is 0 Å². The molecule has 1 unspecified atom stereocenters. The molecule has 2 aromatic carbocycles. The first-order chi connectivity index (χ1) is 13.8. The van der Waals surface area contributed by atoms with Crippen LogP contribution in [-0.4, -0.2) is 46.9 Å². The summed E-state index contributed by atoms with van der Waals surface area (Å²) in [5, 5.41) is 21.8. The molecule has 29 heavy (non-hydrogen) atoms. The van der Waals surface area contributed by atoms with Crippen molar-refractivity contribution in [1.29, 1.82) is 0 Å². The molecular formula is C21H20N2O6. The SMILES string of the molecule is COCCN1C(=O)C(=O)C(=C(O)c2ccc(C)cc2)C1c1ccc([N+](=O)[O-])cc1. The zero-order valence-electron chi connectivity index (χ0n) is 16.0. The number of aryl methyl sites for hydroxylation is 1. The van der Waals surface area contributed by atoms with Gasteiger partial charge in [0.05, 0.1) is 23.1 Å².